The average Bonchev–Trinajstić information content (AvgIpc) is 2.86. The van der Waals surface area contributed by atoms with E-state index in [0.29, 0.717) is 5.28 Å². The lowest BCUT2D eigenvalue weighted by Crippen LogP contribution is -2.19. The van der Waals surface area contributed by atoms with Crippen LogP contribution in [0.25, 0.3) is 0 Å². The molecule has 1 aliphatic rings. The summed E-state index contributed by atoms with van der Waals surface area (Å²) in [5.41, 5.74) is 0.932. The van der Waals surface area contributed by atoms with Crippen molar-refractivity contribution < 1.29 is 0 Å². The minimum atomic E-state index is 0.349. The normalized spacial score (nSPS) is 13.4. The Hall–Kier alpha value is -0.830. The molecule has 0 radical (unpaired) electrons. The van der Waals surface area contributed by atoms with Crippen LogP contribution in [0.3, 0.4) is 0 Å². The zero-order valence-electron chi connectivity index (χ0n) is 11.6. The smallest absolute Gasteiger partial charge is 0.224 e. The van der Waals surface area contributed by atoms with Crippen molar-refractivity contribution in [3.05, 3.63) is 17.0 Å². The Morgan fingerprint density at radius 2 is 1.59 bits per heavy atom. The second-order valence-electron chi connectivity index (χ2n) is 3.33. The lowest BCUT2D eigenvalue weighted by Gasteiger charge is -2.16. The molecule has 17 heavy (non-hydrogen) atoms. The van der Waals surface area contributed by atoms with E-state index in [1.165, 1.54) is 12.8 Å². The van der Waals surface area contributed by atoms with Crippen LogP contribution in [-0.4, -0.2) is 23.1 Å². The summed E-state index contributed by atoms with van der Waals surface area (Å²) in [5.74, 6) is 0.968. The predicted octanol–water partition coefficient (Wildman–Crippen LogP) is 4.09. The Morgan fingerprint density at radius 3 is 2.06 bits per heavy atom. The van der Waals surface area contributed by atoms with E-state index in [1.807, 2.05) is 40.7 Å². The maximum absolute atomic E-state index is 5.78. The van der Waals surface area contributed by atoms with Crippen molar-refractivity contribution >= 4 is 17.4 Å². The quantitative estimate of drug-likeness (QED) is 0.710. The van der Waals surface area contributed by atoms with Crippen LogP contribution >= 0.6 is 11.6 Å². The van der Waals surface area contributed by atoms with Gasteiger partial charge in [-0.2, -0.15) is 0 Å². The van der Waals surface area contributed by atoms with E-state index in [0.717, 1.165) is 24.6 Å². The van der Waals surface area contributed by atoms with Crippen molar-refractivity contribution in [1.82, 2.24) is 9.97 Å². The van der Waals surface area contributed by atoms with Crippen LogP contribution in [0, 0.1) is 6.92 Å². The van der Waals surface area contributed by atoms with Gasteiger partial charge in [0.25, 0.3) is 0 Å². The molecule has 2 heterocycles. The number of hydrogen-bond donors (Lipinski definition) is 0. The molecule has 0 aliphatic carbocycles. The number of halogens is 1. The van der Waals surface area contributed by atoms with Crippen LogP contribution in [0.2, 0.25) is 5.28 Å². The highest BCUT2D eigenvalue weighted by atomic mass is 35.5. The summed E-state index contributed by atoms with van der Waals surface area (Å²) < 4.78 is 0. The van der Waals surface area contributed by atoms with Gasteiger partial charge in [-0.05, 0) is 31.4 Å². The zero-order chi connectivity index (χ0) is 13.3. The van der Waals surface area contributed by atoms with Crippen molar-refractivity contribution in [1.29, 1.82) is 0 Å². The van der Waals surface area contributed by atoms with E-state index in [4.69, 9.17) is 11.6 Å². The summed E-state index contributed by atoms with van der Waals surface area (Å²) in [6.45, 7) is 12.1. The van der Waals surface area contributed by atoms with E-state index in [1.54, 1.807) is 0 Å². The number of rotatable bonds is 1. The van der Waals surface area contributed by atoms with Gasteiger partial charge in [-0.25, -0.2) is 9.97 Å². The average molecular weight is 258 g/mol. The predicted molar refractivity (Wildman–Crippen MR) is 75.9 cm³/mol. The van der Waals surface area contributed by atoms with Crippen molar-refractivity contribution in [2.75, 3.05) is 18.0 Å². The highest BCUT2D eigenvalue weighted by molar-refractivity contribution is 6.28. The van der Waals surface area contributed by atoms with Gasteiger partial charge in [-0.3, -0.25) is 0 Å². The highest BCUT2D eigenvalue weighted by Gasteiger charge is 2.14. The topological polar surface area (TPSA) is 29.0 Å². The third-order valence-electron chi connectivity index (χ3n) is 2.24. The number of aromatic nitrogens is 2. The Morgan fingerprint density at radius 1 is 1.06 bits per heavy atom. The molecule has 2 rings (SSSR count). The summed E-state index contributed by atoms with van der Waals surface area (Å²) in [5, 5.41) is 0.349. The van der Waals surface area contributed by atoms with Crippen molar-refractivity contribution in [2.24, 2.45) is 0 Å². The molecule has 1 aromatic rings. The van der Waals surface area contributed by atoms with Crippen LogP contribution in [0.5, 0.6) is 0 Å². The molecular formula is C13H24ClN3. The Kier molecular flexibility index (Phi) is 8.78. The number of nitrogens with zero attached hydrogens (tertiary/aromatic N) is 3. The zero-order valence-corrected chi connectivity index (χ0v) is 12.4. The van der Waals surface area contributed by atoms with Crippen molar-refractivity contribution in [2.45, 2.75) is 47.5 Å². The van der Waals surface area contributed by atoms with E-state index in [9.17, 15) is 0 Å². The Bertz CT molecular complexity index is 289. The number of anilines is 1. The van der Waals surface area contributed by atoms with Gasteiger partial charge >= 0.3 is 0 Å². The molecule has 98 valence electrons. The van der Waals surface area contributed by atoms with Crippen molar-refractivity contribution in [3.63, 3.8) is 0 Å². The maximum atomic E-state index is 5.78. The second kappa shape index (κ2) is 9.23. The van der Waals surface area contributed by atoms with Gasteiger partial charge in [0.05, 0.1) is 0 Å². The van der Waals surface area contributed by atoms with E-state index >= 15 is 0 Å². The molecule has 1 aliphatic heterocycles. The fraction of sp³-hybridized carbons (Fsp3) is 0.692. The van der Waals surface area contributed by atoms with Gasteiger partial charge < -0.3 is 4.90 Å². The number of aryl methyl sites for hydroxylation is 1. The monoisotopic (exact) mass is 257 g/mol. The summed E-state index contributed by atoms with van der Waals surface area (Å²) in [6, 6.07) is 1.98. The lowest BCUT2D eigenvalue weighted by atomic mass is 10.4. The second-order valence-corrected chi connectivity index (χ2v) is 3.67. The van der Waals surface area contributed by atoms with Crippen LogP contribution in [0.1, 0.15) is 46.2 Å². The van der Waals surface area contributed by atoms with E-state index < -0.39 is 0 Å². The molecule has 0 spiro atoms. The van der Waals surface area contributed by atoms with Crippen molar-refractivity contribution in [3.8, 4) is 0 Å². The van der Waals surface area contributed by atoms with Crippen LogP contribution < -0.4 is 4.90 Å². The van der Waals surface area contributed by atoms with Gasteiger partial charge in [0, 0.05) is 24.8 Å². The standard InChI is InChI=1S/C9H12ClN3.2C2H6/c1-7-6-8(12-9(10)11-7)13-4-2-3-5-13;2*1-2/h6H,2-5H2,1H3;2*1-2H3. The maximum Gasteiger partial charge on any atom is 0.224 e. The molecule has 0 aromatic carbocycles. The minimum Gasteiger partial charge on any atom is -0.356 e. The molecule has 0 bridgehead atoms. The van der Waals surface area contributed by atoms with Gasteiger partial charge in [0.2, 0.25) is 5.28 Å². The molecular weight excluding hydrogens is 234 g/mol. The van der Waals surface area contributed by atoms with E-state index in [-0.39, 0.29) is 0 Å². The fourth-order valence-electron chi connectivity index (χ4n) is 1.62. The molecule has 1 saturated heterocycles. The van der Waals surface area contributed by atoms with Gasteiger partial charge in [0.1, 0.15) is 5.82 Å². The third-order valence-corrected chi connectivity index (χ3v) is 2.41. The Balaban J connectivity index is 0.000000581. The first-order valence-corrected chi connectivity index (χ1v) is 6.89. The first-order valence-electron chi connectivity index (χ1n) is 6.52. The summed E-state index contributed by atoms with van der Waals surface area (Å²) in [4.78, 5) is 10.5. The van der Waals surface area contributed by atoms with Gasteiger partial charge in [-0.15, -0.1) is 0 Å². The summed E-state index contributed by atoms with van der Waals surface area (Å²) in [7, 11) is 0. The minimum absolute atomic E-state index is 0.349. The molecule has 0 unspecified atom stereocenters. The molecule has 0 saturated carbocycles. The molecule has 1 fully saturated rings. The first-order chi connectivity index (χ1) is 8.25. The highest BCUT2D eigenvalue weighted by Crippen LogP contribution is 2.19. The molecule has 0 N–H and O–H groups in total. The Labute approximate surface area is 110 Å². The third kappa shape index (κ3) is 5.35. The van der Waals surface area contributed by atoms with Crippen LogP contribution in [0.15, 0.2) is 6.07 Å². The molecule has 0 amide bonds. The molecule has 1 aromatic heterocycles. The molecule has 3 nitrogen and oxygen atoms in total. The molecule has 0 atom stereocenters. The van der Waals surface area contributed by atoms with Crippen LogP contribution in [-0.2, 0) is 0 Å². The largest absolute Gasteiger partial charge is 0.356 e. The SMILES string of the molecule is CC.CC.Cc1cc(N2CCCC2)nc(Cl)n1. The first kappa shape index (κ1) is 16.2. The van der Waals surface area contributed by atoms with Gasteiger partial charge in [0.15, 0.2) is 0 Å². The van der Waals surface area contributed by atoms with Crippen LogP contribution in [0.4, 0.5) is 5.82 Å². The fourth-order valence-corrected chi connectivity index (χ4v) is 1.84. The number of hydrogen-bond acceptors (Lipinski definition) is 3. The summed E-state index contributed by atoms with van der Waals surface area (Å²) in [6.07, 6.45) is 2.50. The lowest BCUT2D eigenvalue weighted by molar-refractivity contribution is 0.920. The van der Waals surface area contributed by atoms with Gasteiger partial charge in [-0.1, -0.05) is 27.7 Å². The van der Waals surface area contributed by atoms with E-state index in [2.05, 4.69) is 14.9 Å². The summed E-state index contributed by atoms with van der Waals surface area (Å²) >= 11 is 5.78. The molecule has 4 heteroatoms.